The lowest BCUT2D eigenvalue weighted by Crippen LogP contribution is -2.40. The standard InChI is InChI=1S/C23H32N2O3S/c1-16-9-11-24(12-10-16)22(18-5-7-19(29-4)8-6-18)21-20(26)15-17(2)25(23(21)27)13-14-28-3/h5-8,15-16,22,26H,9-14H2,1-4H3/t22-/m0/s1. The first-order chi connectivity index (χ1) is 14.0. The number of aryl methyl sites for hydroxylation is 1. The molecule has 2 heterocycles. The zero-order valence-electron chi connectivity index (χ0n) is 17.9. The van der Waals surface area contributed by atoms with Gasteiger partial charge in [0, 0.05) is 24.2 Å². The predicted octanol–water partition coefficient (Wildman–Crippen LogP) is 4.05. The highest BCUT2D eigenvalue weighted by molar-refractivity contribution is 7.98. The largest absolute Gasteiger partial charge is 0.507 e. The van der Waals surface area contributed by atoms with E-state index in [1.54, 1.807) is 29.5 Å². The fraction of sp³-hybridized carbons (Fsp3) is 0.522. The Bertz CT molecular complexity index is 871. The van der Waals surface area contributed by atoms with Crippen LogP contribution >= 0.6 is 11.8 Å². The van der Waals surface area contributed by atoms with Gasteiger partial charge in [0.25, 0.3) is 5.56 Å². The monoisotopic (exact) mass is 416 g/mol. The minimum Gasteiger partial charge on any atom is -0.507 e. The van der Waals surface area contributed by atoms with Crippen molar-refractivity contribution in [2.75, 3.05) is 33.1 Å². The van der Waals surface area contributed by atoms with Crippen molar-refractivity contribution in [2.45, 2.75) is 44.2 Å². The molecule has 0 saturated carbocycles. The Morgan fingerprint density at radius 3 is 2.48 bits per heavy atom. The highest BCUT2D eigenvalue weighted by Gasteiger charge is 2.31. The molecule has 1 atom stereocenters. The summed E-state index contributed by atoms with van der Waals surface area (Å²) >= 11 is 1.70. The molecule has 0 radical (unpaired) electrons. The highest BCUT2D eigenvalue weighted by atomic mass is 32.2. The van der Waals surface area contributed by atoms with Crippen LogP contribution in [0.1, 0.15) is 42.6 Å². The van der Waals surface area contributed by atoms with Gasteiger partial charge in [0.15, 0.2) is 0 Å². The van der Waals surface area contributed by atoms with Crippen LogP contribution in [0.3, 0.4) is 0 Å². The maximum Gasteiger partial charge on any atom is 0.259 e. The number of methoxy groups -OCH3 is 1. The van der Waals surface area contributed by atoms with Crippen molar-refractivity contribution < 1.29 is 9.84 Å². The number of hydrogen-bond acceptors (Lipinski definition) is 5. The van der Waals surface area contributed by atoms with Crippen molar-refractivity contribution in [3.63, 3.8) is 0 Å². The Kier molecular flexibility index (Phi) is 7.44. The third kappa shape index (κ3) is 4.87. The zero-order valence-corrected chi connectivity index (χ0v) is 18.7. The molecule has 0 amide bonds. The summed E-state index contributed by atoms with van der Waals surface area (Å²) in [6.07, 6.45) is 4.26. The van der Waals surface area contributed by atoms with Gasteiger partial charge in [-0.15, -0.1) is 11.8 Å². The number of benzene rings is 1. The number of pyridine rings is 1. The van der Waals surface area contributed by atoms with Crippen molar-refractivity contribution in [1.29, 1.82) is 0 Å². The van der Waals surface area contributed by atoms with Crippen molar-refractivity contribution in [1.82, 2.24) is 9.47 Å². The molecular weight excluding hydrogens is 384 g/mol. The van der Waals surface area contributed by atoms with Crippen LogP contribution in [0.2, 0.25) is 0 Å². The van der Waals surface area contributed by atoms with E-state index >= 15 is 0 Å². The molecule has 2 aromatic rings. The summed E-state index contributed by atoms with van der Waals surface area (Å²) in [6.45, 7) is 6.90. The first kappa shape index (κ1) is 21.9. The lowest BCUT2D eigenvalue weighted by molar-refractivity contribution is 0.154. The Hall–Kier alpha value is -1.76. The van der Waals surface area contributed by atoms with E-state index in [2.05, 4.69) is 42.3 Å². The number of thioether (sulfide) groups is 1. The van der Waals surface area contributed by atoms with E-state index < -0.39 is 0 Å². The van der Waals surface area contributed by atoms with Crippen LogP contribution in [0, 0.1) is 12.8 Å². The minimum atomic E-state index is -0.250. The van der Waals surface area contributed by atoms with Crippen molar-refractivity contribution in [3.05, 3.63) is 57.5 Å². The van der Waals surface area contributed by atoms with Gasteiger partial charge in [-0.1, -0.05) is 19.1 Å². The van der Waals surface area contributed by atoms with Gasteiger partial charge < -0.3 is 14.4 Å². The molecule has 0 aliphatic carbocycles. The van der Waals surface area contributed by atoms with Crippen LogP contribution in [0.5, 0.6) is 5.75 Å². The number of likely N-dealkylation sites (tertiary alicyclic amines) is 1. The fourth-order valence-electron chi connectivity index (χ4n) is 4.12. The Morgan fingerprint density at radius 2 is 1.90 bits per heavy atom. The van der Waals surface area contributed by atoms with Gasteiger partial charge in [-0.3, -0.25) is 9.69 Å². The molecule has 0 unspecified atom stereocenters. The number of rotatable bonds is 7. The first-order valence-corrected chi connectivity index (χ1v) is 11.5. The summed E-state index contributed by atoms with van der Waals surface area (Å²) in [6, 6.07) is 9.82. The molecular formula is C23H32N2O3S. The average molecular weight is 417 g/mol. The topological polar surface area (TPSA) is 54.7 Å². The molecule has 1 saturated heterocycles. The van der Waals surface area contributed by atoms with Crippen molar-refractivity contribution in [2.24, 2.45) is 5.92 Å². The molecule has 5 nitrogen and oxygen atoms in total. The lowest BCUT2D eigenvalue weighted by atomic mass is 9.92. The number of nitrogens with zero attached hydrogens (tertiary/aromatic N) is 2. The van der Waals surface area contributed by atoms with Crippen LogP contribution < -0.4 is 5.56 Å². The summed E-state index contributed by atoms with van der Waals surface area (Å²) in [5.74, 6) is 0.773. The van der Waals surface area contributed by atoms with Gasteiger partial charge in [-0.05, 0) is 68.8 Å². The Labute approximate surface area is 177 Å². The second-order valence-corrected chi connectivity index (χ2v) is 8.81. The summed E-state index contributed by atoms with van der Waals surface area (Å²) in [5, 5.41) is 10.9. The van der Waals surface area contributed by atoms with Gasteiger partial charge in [-0.2, -0.15) is 0 Å². The molecule has 0 bridgehead atoms. The summed E-state index contributed by atoms with van der Waals surface area (Å²) in [5.41, 5.74) is 2.14. The van der Waals surface area contributed by atoms with E-state index in [9.17, 15) is 9.90 Å². The maximum atomic E-state index is 13.5. The van der Waals surface area contributed by atoms with Crippen LogP contribution in [0.25, 0.3) is 0 Å². The summed E-state index contributed by atoms with van der Waals surface area (Å²) in [4.78, 5) is 17.0. The van der Waals surface area contributed by atoms with Gasteiger partial charge in [0.2, 0.25) is 0 Å². The van der Waals surface area contributed by atoms with E-state index in [0.29, 0.717) is 24.6 Å². The van der Waals surface area contributed by atoms with Gasteiger partial charge in [0.05, 0.1) is 18.2 Å². The van der Waals surface area contributed by atoms with E-state index in [0.717, 1.165) is 37.2 Å². The second kappa shape index (κ2) is 9.83. The third-order valence-corrected chi connectivity index (χ3v) is 6.67. The summed E-state index contributed by atoms with van der Waals surface area (Å²) < 4.78 is 6.91. The SMILES string of the molecule is COCCn1c(C)cc(O)c([C@H](c2ccc(SC)cc2)N2CCC(C)CC2)c1=O. The van der Waals surface area contributed by atoms with Crippen LogP contribution in [0.4, 0.5) is 0 Å². The van der Waals surface area contributed by atoms with Gasteiger partial charge in [-0.25, -0.2) is 0 Å². The molecule has 1 aromatic carbocycles. The third-order valence-electron chi connectivity index (χ3n) is 5.93. The van der Waals surface area contributed by atoms with E-state index in [-0.39, 0.29) is 17.4 Å². The van der Waals surface area contributed by atoms with Crippen LogP contribution in [-0.2, 0) is 11.3 Å². The molecule has 1 fully saturated rings. The lowest BCUT2D eigenvalue weighted by Gasteiger charge is -2.37. The molecule has 29 heavy (non-hydrogen) atoms. The van der Waals surface area contributed by atoms with E-state index in [1.807, 2.05) is 6.92 Å². The smallest absolute Gasteiger partial charge is 0.259 e. The normalized spacial score (nSPS) is 16.8. The number of aromatic nitrogens is 1. The molecule has 0 spiro atoms. The zero-order chi connectivity index (χ0) is 21.0. The Balaban J connectivity index is 2.11. The minimum absolute atomic E-state index is 0.0822. The van der Waals surface area contributed by atoms with E-state index in [1.165, 1.54) is 4.90 Å². The molecule has 3 rings (SSSR count). The quantitative estimate of drug-likeness (QED) is 0.690. The van der Waals surface area contributed by atoms with Crippen molar-refractivity contribution >= 4 is 11.8 Å². The van der Waals surface area contributed by atoms with Gasteiger partial charge in [0.1, 0.15) is 5.75 Å². The summed E-state index contributed by atoms with van der Waals surface area (Å²) in [7, 11) is 1.63. The number of piperidine rings is 1. The van der Waals surface area contributed by atoms with Gasteiger partial charge >= 0.3 is 0 Å². The number of ether oxygens (including phenoxy) is 1. The number of aromatic hydroxyl groups is 1. The second-order valence-electron chi connectivity index (χ2n) is 7.93. The Morgan fingerprint density at radius 1 is 1.24 bits per heavy atom. The fourth-order valence-corrected chi connectivity index (χ4v) is 4.53. The molecule has 158 valence electrons. The number of hydrogen-bond donors (Lipinski definition) is 1. The first-order valence-electron chi connectivity index (χ1n) is 10.3. The average Bonchev–Trinajstić information content (AvgIpc) is 2.72. The highest BCUT2D eigenvalue weighted by Crippen LogP contribution is 2.35. The van der Waals surface area contributed by atoms with Crippen molar-refractivity contribution in [3.8, 4) is 5.75 Å². The van der Waals surface area contributed by atoms with E-state index in [4.69, 9.17) is 4.74 Å². The molecule has 1 N–H and O–H groups in total. The molecule has 1 aromatic heterocycles. The predicted molar refractivity (Wildman–Crippen MR) is 119 cm³/mol. The maximum absolute atomic E-state index is 13.5. The molecule has 1 aliphatic heterocycles. The molecule has 6 heteroatoms. The molecule has 1 aliphatic rings. The van der Waals surface area contributed by atoms with Crippen LogP contribution in [-0.4, -0.2) is 47.6 Å². The van der Waals surface area contributed by atoms with Crippen LogP contribution in [0.15, 0.2) is 40.0 Å².